The van der Waals surface area contributed by atoms with E-state index in [2.05, 4.69) is 21.5 Å². The summed E-state index contributed by atoms with van der Waals surface area (Å²) in [6.45, 7) is 3.51. The molecule has 0 aromatic heterocycles. The molecule has 0 radical (unpaired) electrons. The van der Waals surface area contributed by atoms with Crippen LogP contribution in [-0.4, -0.2) is 32.1 Å². The molecule has 2 aliphatic heterocycles. The Balaban J connectivity index is 1.61. The summed E-state index contributed by atoms with van der Waals surface area (Å²) in [5.41, 5.74) is 9.29. The molecule has 2 heterocycles. The molecule has 0 saturated carbocycles. The minimum Gasteiger partial charge on any atom is -0.384 e. The van der Waals surface area contributed by atoms with E-state index in [0.29, 0.717) is 12.5 Å². The molecule has 0 atom stereocenters. The molecule has 1 amide bonds. The fraction of sp³-hybridized carbons (Fsp3) is 0.462. The van der Waals surface area contributed by atoms with Crippen molar-refractivity contribution in [1.29, 1.82) is 0 Å². The number of fused-ring (bicyclic) bond motifs is 1. The van der Waals surface area contributed by atoms with Crippen molar-refractivity contribution < 1.29 is 4.79 Å². The summed E-state index contributed by atoms with van der Waals surface area (Å²) in [5.74, 6) is 0.502. The normalized spacial score (nSPS) is 18.4. The first-order valence-electron chi connectivity index (χ1n) is 6.43. The molecule has 5 heteroatoms. The number of nitrogens with one attached hydrogen (secondary N) is 4. The van der Waals surface area contributed by atoms with E-state index in [4.69, 9.17) is 0 Å². The maximum atomic E-state index is 12.0. The van der Waals surface area contributed by atoms with Crippen molar-refractivity contribution in [1.82, 2.24) is 16.2 Å². The molecule has 18 heavy (non-hydrogen) atoms. The van der Waals surface area contributed by atoms with Gasteiger partial charge in [0.05, 0.1) is 0 Å². The number of benzene rings is 1. The molecule has 5 nitrogen and oxygen atoms in total. The van der Waals surface area contributed by atoms with Crippen molar-refractivity contribution >= 4 is 11.6 Å². The summed E-state index contributed by atoms with van der Waals surface area (Å²) in [4.78, 5) is 12.0. The van der Waals surface area contributed by atoms with Gasteiger partial charge in [-0.15, -0.1) is 0 Å². The monoisotopic (exact) mass is 246 g/mol. The van der Waals surface area contributed by atoms with Gasteiger partial charge in [0.2, 0.25) is 0 Å². The highest BCUT2D eigenvalue weighted by atomic mass is 16.1. The third kappa shape index (κ3) is 2.32. The van der Waals surface area contributed by atoms with Gasteiger partial charge in [-0.1, -0.05) is 0 Å². The Morgan fingerprint density at radius 3 is 3.00 bits per heavy atom. The predicted octanol–water partition coefficient (Wildman–Crippen LogP) is 0.108. The Labute approximate surface area is 106 Å². The number of hydrogen-bond acceptors (Lipinski definition) is 4. The number of rotatable bonds is 3. The first-order valence-corrected chi connectivity index (χ1v) is 6.43. The molecule has 1 aromatic rings. The Bertz CT molecular complexity index is 454. The number of hydrogen-bond donors (Lipinski definition) is 4. The van der Waals surface area contributed by atoms with Gasteiger partial charge in [-0.05, 0) is 30.2 Å². The van der Waals surface area contributed by atoms with Gasteiger partial charge in [-0.3, -0.25) is 15.6 Å². The standard InChI is InChI=1S/C13H18N4O/c18-13(15-6-9-7-16-17-8-9)11-1-2-12-10(5-11)3-4-14-12/h1-2,5,9,14,16-17H,3-4,6-8H2,(H,15,18). The van der Waals surface area contributed by atoms with E-state index in [0.717, 1.165) is 37.3 Å². The second-order valence-electron chi connectivity index (χ2n) is 4.89. The first-order chi connectivity index (χ1) is 8.83. The van der Waals surface area contributed by atoms with Crippen LogP contribution in [0.2, 0.25) is 0 Å². The third-order valence-corrected chi connectivity index (χ3v) is 3.53. The second-order valence-corrected chi connectivity index (χ2v) is 4.89. The number of anilines is 1. The van der Waals surface area contributed by atoms with E-state index in [1.165, 1.54) is 5.56 Å². The lowest BCUT2D eigenvalue weighted by Gasteiger charge is -2.10. The predicted molar refractivity (Wildman–Crippen MR) is 70.5 cm³/mol. The number of hydrazine groups is 1. The van der Waals surface area contributed by atoms with E-state index in [1.54, 1.807) is 0 Å². The SMILES string of the molecule is O=C(NCC1CNNC1)c1ccc2c(c1)CCN2. The lowest BCUT2D eigenvalue weighted by molar-refractivity contribution is 0.0949. The zero-order chi connectivity index (χ0) is 12.4. The van der Waals surface area contributed by atoms with E-state index >= 15 is 0 Å². The smallest absolute Gasteiger partial charge is 0.251 e. The van der Waals surface area contributed by atoms with Crippen molar-refractivity contribution in [2.45, 2.75) is 6.42 Å². The van der Waals surface area contributed by atoms with Crippen LogP contribution >= 0.6 is 0 Å². The molecule has 4 N–H and O–H groups in total. The summed E-state index contributed by atoms with van der Waals surface area (Å²) < 4.78 is 0. The molecule has 1 saturated heterocycles. The largest absolute Gasteiger partial charge is 0.384 e. The average Bonchev–Trinajstić information content (AvgIpc) is 3.05. The zero-order valence-corrected chi connectivity index (χ0v) is 10.3. The highest BCUT2D eigenvalue weighted by Gasteiger charge is 2.17. The lowest BCUT2D eigenvalue weighted by Crippen LogP contribution is -2.31. The Morgan fingerprint density at radius 2 is 2.17 bits per heavy atom. The maximum Gasteiger partial charge on any atom is 0.251 e. The van der Waals surface area contributed by atoms with Crippen molar-refractivity contribution in [3.63, 3.8) is 0 Å². The third-order valence-electron chi connectivity index (χ3n) is 3.53. The van der Waals surface area contributed by atoms with Gasteiger partial charge in [0.15, 0.2) is 0 Å². The highest BCUT2D eigenvalue weighted by Crippen LogP contribution is 2.22. The quantitative estimate of drug-likeness (QED) is 0.611. The summed E-state index contributed by atoms with van der Waals surface area (Å²) in [7, 11) is 0. The minimum absolute atomic E-state index is 0.0246. The van der Waals surface area contributed by atoms with Gasteiger partial charge < -0.3 is 10.6 Å². The Hall–Kier alpha value is -1.59. The first kappa shape index (κ1) is 11.5. The molecule has 0 aliphatic carbocycles. The van der Waals surface area contributed by atoms with Gasteiger partial charge in [0.1, 0.15) is 0 Å². The summed E-state index contributed by atoms with van der Waals surface area (Å²) in [5, 5.41) is 6.29. The molecular weight excluding hydrogens is 228 g/mol. The molecule has 0 bridgehead atoms. The summed E-state index contributed by atoms with van der Waals surface area (Å²) in [6, 6.07) is 5.88. The van der Waals surface area contributed by atoms with Crippen LogP contribution in [0.1, 0.15) is 15.9 Å². The van der Waals surface area contributed by atoms with Crippen LogP contribution < -0.4 is 21.5 Å². The summed E-state index contributed by atoms with van der Waals surface area (Å²) >= 11 is 0. The number of carbonyl (C=O) groups excluding carboxylic acids is 1. The average molecular weight is 246 g/mol. The van der Waals surface area contributed by atoms with Crippen molar-refractivity contribution in [2.75, 3.05) is 31.5 Å². The van der Waals surface area contributed by atoms with E-state index in [-0.39, 0.29) is 5.91 Å². The van der Waals surface area contributed by atoms with Crippen molar-refractivity contribution in [3.05, 3.63) is 29.3 Å². The van der Waals surface area contributed by atoms with Crippen LogP contribution in [0.4, 0.5) is 5.69 Å². The van der Waals surface area contributed by atoms with Crippen LogP contribution in [0.3, 0.4) is 0 Å². The topological polar surface area (TPSA) is 65.2 Å². The van der Waals surface area contributed by atoms with Crippen LogP contribution in [0.5, 0.6) is 0 Å². The zero-order valence-electron chi connectivity index (χ0n) is 10.3. The minimum atomic E-state index is 0.0246. The van der Waals surface area contributed by atoms with E-state index in [9.17, 15) is 4.79 Å². The molecule has 1 fully saturated rings. The van der Waals surface area contributed by atoms with Crippen molar-refractivity contribution in [2.24, 2.45) is 5.92 Å². The summed E-state index contributed by atoms with van der Waals surface area (Å²) in [6.07, 6.45) is 1.01. The second kappa shape index (κ2) is 4.96. The van der Waals surface area contributed by atoms with Crippen LogP contribution in [-0.2, 0) is 6.42 Å². The lowest BCUT2D eigenvalue weighted by atomic mass is 10.1. The molecule has 3 rings (SSSR count). The molecule has 0 spiro atoms. The Morgan fingerprint density at radius 1 is 1.33 bits per heavy atom. The van der Waals surface area contributed by atoms with E-state index < -0.39 is 0 Å². The van der Waals surface area contributed by atoms with Gasteiger partial charge >= 0.3 is 0 Å². The number of amides is 1. The molecule has 1 aromatic carbocycles. The fourth-order valence-corrected chi connectivity index (χ4v) is 2.43. The Kier molecular flexibility index (Phi) is 3.17. The van der Waals surface area contributed by atoms with Gasteiger partial charge in [-0.2, -0.15) is 0 Å². The van der Waals surface area contributed by atoms with Gasteiger partial charge in [0.25, 0.3) is 5.91 Å². The number of carbonyl (C=O) groups is 1. The van der Waals surface area contributed by atoms with Gasteiger partial charge in [0, 0.05) is 43.3 Å². The van der Waals surface area contributed by atoms with Gasteiger partial charge in [-0.25, -0.2) is 0 Å². The highest BCUT2D eigenvalue weighted by molar-refractivity contribution is 5.95. The molecule has 0 unspecified atom stereocenters. The van der Waals surface area contributed by atoms with E-state index in [1.807, 2.05) is 18.2 Å². The molecule has 96 valence electrons. The fourth-order valence-electron chi connectivity index (χ4n) is 2.43. The van der Waals surface area contributed by atoms with Crippen LogP contribution in [0, 0.1) is 5.92 Å². The molecular formula is C13H18N4O. The van der Waals surface area contributed by atoms with Crippen LogP contribution in [0.25, 0.3) is 0 Å². The molecule has 2 aliphatic rings. The van der Waals surface area contributed by atoms with Crippen molar-refractivity contribution in [3.8, 4) is 0 Å². The maximum absolute atomic E-state index is 12.0. The van der Waals surface area contributed by atoms with Crippen LogP contribution in [0.15, 0.2) is 18.2 Å².